The molecule has 1 aromatic carbocycles. The quantitative estimate of drug-likeness (QED) is 0.820. The Morgan fingerprint density at radius 1 is 1.45 bits per heavy atom. The van der Waals surface area contributed by atoms with E-state index in [1.54, 1.807) is 7.05 Å². The summed E-state index contributed by atoms with van der Waals surface area (Å²) in [4.78, 5) is 11.6. The summed E-state index contributed by atoms with van der Waals surface area (Å²) < 4.78 is 28.1. The second kappa shape index (κ2) is 6.25. The summed E-state index contributed by atoms with van der Waals surface area (Å²) in [7, 11) is -2.43. The summed E-state index contributed by atoms with van der Waals surface area (Å²) in [5.74, 6) is -0.737. The van der Waals surface area contributed by atoms with E-state index in [2.05, 4.69) is 26.2 Å². The molecule has 1 heterocycles. The Bertz CT molecular complexity index is 869. The van der Waals surface area contributed by atoms with E-state index in [-0.39, 0.29) is 16.9 Å². The number of benzene rings is 1. The van der Waals surface area contributed by atoms with Gasteiger partial charge in [0, 0.05) is 17.7 Å². The van der Waals surface area contributed by atoms with Gasteiger partial charge in [-0.3, -0.25) is 9.48 Å². The van der Waals surface area contributed by atoms with E-state index < -0.39 is 15.9 Å². The first-order chi connectivity index (χ1) is 10.3. The number of rotatable bonds is 4. The molecule has 0 saturated heterocycles. The van der Waals surface area contributed by atoms with E-state index in [4.69, 9.17) is 5.26 Å². The molecule has 1 amide bonds. The minimum Gasteiger partial charge on any atom is -0.274 e. The maximum Gasteiger partial charge on any atom is 0.264 e. The maximum atomic E-state index is 12.2. The van der Waals surface area contributed by atoms with E-state index in [0.717, 1.165) is 0 Å². The molecule has 0 aliphatic heterocycles. The molecule has 114 valence electrons. The smallest absolute Gasteiger partial charge is 0.264 e. The zero-order valence-corrected chi connectivity index (χ0v) is 13.7. The highest BCUT2D eigenvalue weighted by atomic mass is 79.9. The fourth-order valence-corrected chi connectivity index (χ4v) is 3.37. The largest absolute Gasteiger partial charge is 0.274 e. The molecule has 8 nitrogen and oxygen atoms in total. The van der Waals surface area contributed by atoms with Gasteiger partial charge in [-0.05, 0) is 18.2 Å². The first kappa shape index (κ1) is 16.1. The summed E-state index contributed by atoms with van der Waals surface area (Å²) in [6.45, 7) is 0. The van der Waals surface area contributed by atoms with Gasteiger partial charge in [-0.1, -0.05) is 21.1 Å². The van der Waals surface area contributed by atoms with Crippen molar-refractivity contribution in [2.24, 2.45) is 7.05 Å². The molecule has 0 saturated carbocycles. The minimum absolute atomic E-state index is 0.163. The monoisotopic (exact) mass is 383 g/mol. The van der Waals surface area contributed by atoms with Crippen molar-refractivity contribution in [1.29, 1.82) is 5.26 Å². The lowest BCUT2D eigenvalue weighted by atomic mass is 10.2. The van der Waals surface area contributed by atoms with Crippen LogP contribution in [0.25, 0.3) is 0 Å². The molecule has 10 heteroatoms. The van der Waals surface area contributed by atoms with Crippen molar-refractivity contribution in [2.75, 3.05) is 0 Å². The molecular formula is C12H10BrN5O3S. The molecule has 0 spiro atoms. The number of hydrogen-bond acceptors (Lipinski definition) is 6. The maximum absolute atomic E-state index is 12.2. The molecule has 0 radical (unpaired) electrons. The lowest BCUT2D eigenvalue weighted by Gasteiger charge is -2.07. The second-order valence-corrected chi connectivity index (χ2v) is 6.97. The molecule has 1 N–H and O–H groups in total. The van der Waals surface area contributed by atoms with Crippen LogP contribution < -0.4 is 4.72 Å². The number of carbonyl (C=O) groups excluding carboxylic acids is 1. The van der Waals surface area contributed by atoms with Crippen LogP contribution >= 0.6 is 15.9 Å². The average molecular weight is 384 g/mol. The van der Waals surface area contributed by atoms with Gasteiger partial charge in [0.25, 0.3) is 10.0 Å². The van der Waals surface area contributed by atoms with Crippen LogP contribution in [0.15, 0.2) is 33.8 Å². The van der Waals surface area contributed by atoms with Gasteiger partial charge in [-0.2, -0.15) is 5.26 Å². The van der Waals surface area contributed by atoms with E-state index in [0.29, 0.717) is 10.2 Å². The Morgan fingerprint density at radius 2 is 2.18 bits per heavy atom. The van der Waals surface area contributed by atoms with E-state index in [1.807, 2.05) is 10.8 Å². The van der Waals surface area contributed by atoms with Crippen LogP contribution in [0.5, 0.6) is 0 Å². The summed E-state index contributed by atoms with van der Waals surface area (Å²) in [5.41, 5.74) is 0.512. The number of carbonyl (C=O) groups is 1. The SMILES string of the molecule is Cn1cc(CC(=O)NS(=O)(=O)c2cc(Br)cc(C#N)c2)nn1. The first-order valence-electron chi connectivity index (χ1n) is 5.92. The van der Waals surface area contributed by atoms with Crippen molar-refractivity contribution in [3.05, 3.63) is 40.1 Å². The molecule has 1 aromatic heterocycles. The molecule has 0 unspecified atom stereocenters. The summed E-state index contributed by atoms with van der Waals surface area (Å²) in [6, 6.07) is 5.81. The van der Waals surface area contributed by atoms with Gasteiger partial charge in [0.1, 0.15) is 0 Å². The predicted molar refractivity (Wildman–Crippen MR) is 78.9 cm³/mol. The average Bonchev–Trinajstić information content (AvgIpc) is 2.82. The second-order valence-electron chi connectivity index (χ2n) is 4.38. The molecule has 0 fully saturated rings. The first-order valence-corrected chi connectivity index (χ1v) is 8.19. The fourth-order valence-electron chi connectivity index (χ4n) is 1.67. The van der Waals surface area contributed by atoms with Crippen molar-refractivity contribution in [2.45, 2.75) is 11.3 Å². The van der Waals surface area contributed by atoms with Gasteiger partial charge in [-0.25, -0.2) is 13.1 Å². The van der Waals surface area contributed by atoms with Crippen LogP contribution in [-0.2, 0) is 28.3 Å². The van der Waals surface area contributed by atoms with E-state index in [1.165, 1.54) is 29.1 Å². The zero-order chi connectivity index (χ0) is 16.3. The minimum atomic E-state index is -4.06. The Morgan fingerprint density at radius 3 is 2.77 bits per heavy atom. The summed E-state index contributed by atoms with van der Waals surface area (Å²) >= 11 is 3.12. The lowest BCUT2D eigenvalue weighted by molar-refractivity contribution is -0.118. The van der Waals surface area contributed by atoms with E-state index >= 15 is 0 Å². The van der Waals surface area contributed by atoms with Gasteiger partial charge >= 0.3 is 0 Å². The van der Waals surface area contributed by atoms with Gasteiger partial charge in [0.2, 0.25) is 5.91 Å². The molecule has 0 aliphatic rings. The molecule has 2 aromatic rings. The van der Waals surface area contributed by atoms with E-state index in [9.17, 15) is 13.2 Å². The number of nitrogens with one attached hydrogen (secondary N) is 1. The number of sulfonamides is 1. The van der Waals surface area contributed by atoms with Crippen LogP contribution in [0.1, 0.15) is 11.3 Å². The Balaban J connectivity index is 2.19. The van der Waals surface area contributed by atoms with Crippen LogP contribution in [-0.4, -0.2) is 29.3 Å². The van der Waals surface area contributed by atoms with Crippen molar-refractivity contribution in [1.82, 2.24) is 19.7 Å². The number of aryl methyl sites for hydroxylation is 1. The summed E-state index contributed by atoms with van der Waals surface area (Å²) in [6.07, 6.45) is 1.30. The van der Waals surface area contributed by atoms with Crippen molar-refractivity contribution >= 4 is 31.9 Å². The van der Waals surface area contributed by atoms with Crippen LogP contribution in [0.4, 0.5) is 0 Å². The number of hydrogen-bond donors (Lipinski definition) is 1. The van der Waals surface area contributed by atoms with Crippen molar-refractivity contribution in [3.63, 3.8) is 0 Å². The molecular weight excluding hydrogens is 374 g/mol. The standard InChI is InChI=1S/C12H10BrN5O3S/c1-18-7-10(15-17-18)5-12(19)16-22(20,21)11-3-8(6-14)2-9(13)4-11/h2-4,7H,5H2,1H3,(H,16,19). The topological polar surface area (TPSA) is 118 Å². The van der Waals surface area contributed by atoms with Gasteiger partial charge in [-0.15, -0.1) is 5.10 Å². The number of nitriles is 1. The highest BCUT2D eigenvalue weighted by molar-refractivity contribution is 9.10. The normalized spacial score (nSPS) is 11.0. The third-order valence-electron chi connectivity index (χ3n) is 2.55. The number of aromatic nitrogens is 3. The lowest BCUT2D eigenvalue weighted by Crippen LogP contribution is -2.32. The van der Waals surface area contributed by atoms with Crippen molar-refractivity contribution < 1.29 is 13.2 Å². The third-order valence-corrected chi connectivity index (χ3v) is 4.36. The summed E-state index contributed by atoms with van der Waals surface area (Å²) in [5, 5.41) is 16.2. The number of halogens is 1. The van der Waals surface area contributed by atoms with Crippen LogP contribution in [0.2, 0.25) is 0 Å². The molecule has 2 rings (SSSR count). The van der Waals surface area contributed by atoms with Crippen LogP contribution in [0.3, 0.4) is 0 Å². The van der Waals surface area contributed by atoms with Gasteiger partial charge < -0.3 is 0 Å². The Kier molecular flexibility index (Phi) is 4.58. The number of amides is 1. The van der Waals surface area contributed by atoms with Gasteiger partial charge in [0.05, 0.1) is 28.6 Å². The van der Waals surface area contributed by atoms with Gasteiger partial charge in [0.15, 0.2) is 0 Å². The highest BCUT2D eigenvalue weighted by Crippen LogP contribution is 2.19. The molecule has 22 heavy (non-hydrogen) atoms. The fraction of sp³-hybridized carbons (Fsp3) is 0.167. The molecule has 0 atom stereocenters. The highest BCUT2D eigenvalue weighted by Gasteiger charge is 2.19. The Hall–Kier alpha value is -2.25. The molecule has 0 aliphatic carbocycles. The zero-order valence-electron chi connectivity index (χ0n) is 11.3. The van der Waals surface area contributed by atoms with Crippen LogP contribution in [0, 0.1) is 11.3 Å². The molecule has 0 bridgehead atoms. The van der Waals surface area contributed by atoms with Crippen molar-refractivity contribution in [3.8, 4) is 6.07 Å². The predicted octanol–water partition coefficient (Wildman–Crippen LogP) is 0.497. The number of nitrogens with zero attached hydrogens (tertiary/aromatic N) is 4. The Labute approximate surface area is 134 Å². The third kappa shape index (κ3) is 3.90.